The third-order valence-corrected chi connectivity index (χ3v) is 3.46. The zero-order valence-electron chi connectivity index (χ0n) is 9.74. The fourth-order valence-corrected chi connectivity index (χ4v) is 2.31. The number of nitrogens with one attached hydrogen (secondary N) is 1. The highest BCUT2D eigenvalue weighted by atomic mass is 15.1. The van der Waals surface area contributed by atoms with Crippen molar-refractivity contribution in [2.75, 3.05) is 25.9 Å². The summed E-state index contributed by atoms with van der Waals surface area (Å²) >= 11 is 0. The van der Waals surface area contributed by atoms with Crippen molar-refractivity contribution in [1.29, 1.82) is 5.41 Å². The molecule has 0 amide bonds. The van der Waals surface area contributed by atoms with Crippen molar-refractivity contribution in [2.24, 2.45) is 0 Å². The van der Waals surface area contributed by atoms with Gasteiger partial charge in [-0.1, -0.05) is 6.07 Å². The van der Waals surface area contributed by atoms with Gasteiger partial charge in [-0.15, -0.1) is 0 Å². The van der Waals surface area contributed by atoms with Crippen LogP contribution < -0.4 is 5.73 Å². The second-order valence-corrected chi connectivity index (χ2v) is 4.61. The Morgan fingerprint density at radius 2 is 2.06 bits per heavy atom. The number of hydrogen-bond acceptors (Lipinski definition) is 3. The molecule has 86 valence electrons. The lowest BCUT2D eigenvalue weighted by Crippen LogP contribution is -2.29. The van der Waals surface area contributed by atoms with E-state index < -0.39 is 0 Å². The van der Waals surface area contributed by atoms with E-state index in [0.29, 0.717) is 11.6 Å². The quantitative estimate of drug-likeness (QED) is 0.588. The van der Waals surface area contributed by atoms with Gasteiger partial charge in [-0.25, -0.2) is 0 Å². The molecule has 1 fully saturated rings. The van der Waals surface area contributed by atoms with Crippen LogP contribution >= 0.6 is 0 Å². The zero-order chi connectivity index (χ0) is 11.5. The van der Waals surface area contributed by atoms with Gasteiger partial charge in [0.05, 0.1) is 0 Å². The summed E-state index contributed by atoms with van der Waals surface area (Å²) < 4.78 is 0. The van der Waals surface area contributed by atoms with Gasteiger partial charge in [-0.05, 0) is 56.6 Å². The summed E-state index contributed by atoms with van der Waals surface area (Å²) in [5, 5.41) is 7.31. The number of rotatable bonds is 2. The Balaban J connectivity index is 2.17. The fraction of sp³-hybridized carbons (Fsp3) is 0.462. The molecule has 0 atom stereocenters. The van der Waals surface area contributed by atoms with E-state index in [2.05, 4.69) is 24.1 Å². The highest BCUT2D eigenvalue weighted by molar-refractivity contribution is 5.85. The van der Waals surface area contributed by atoms with Crippen molar-refractivity contribution >= 4 is 11.9 Å². The monoisotopic (exact) mass is 217 g/mol. The molecule has 1 heterocycles. The molecule has 1 aliphatic rings. The molecule has 0 radical (unpaired) electrons. The van der Waals surface area contributed by atoms with Crippen LogP contribution in [-0.2, 0) is 0 Å². The molecule has 0 spiro atoms. The predicted molar refractivity (Wildman–Crippen MR) is 68.2 cm³/mol. The van der Waals surface area contributed by atoms with Gasteiger partial charge in [0.1, 0.15) is 0 Å². The van der Waals surface area contributed by atoms with Crippen LogP contribution in [0.25, 0.3) is 0 Å². The number of benzene rings is 1. The molecule has 3 heteroatoms. The van der Waals surface area contributed by atoms with E-state index in [1.165, 1.54) is 24.6 Å². The van der Waals surface area contributed by atoms with Crippen molar-refractivity contribution in [3.63, 3.8) is 0 Å². The van der Waals surface area contributed by atoms with Gasteiger partial charge in [0.2, 0.25) is 0 Å². The summed E-state index contributed by atoms with van der Waals surface area (Å²) in [6, 6.07) is 6.10. The van der Waals surface area contributed by atoms with Crippen LogP contribution in [0.15, 0.2) is 18.2 Å². The molecule has 0 bridgehead atoms. The van der Waals surface area contributed by atoms with E-state index in [9.17, 15) is 0 Å². The second kappa shape index (κ2) is 4.66. The molecule has 0 unspecified atom stereocenters. The smallest absolute Gasteiger partial charge is 0.0403 e. The number of nitrogens with two attached hydrogens (primary N) is 1. The molecule has 16 heavy (non-hydrogen) atoms. The first-order chi connectivity index (χ1) is 7.70. The van der Waals surface area contributed by atoms with E-state index in [1.54, 1.807) is 0 Å². The average molecular weight is 217 g/mol. The SMILES string of the molecule is CN1CCC(c2ccc(N)c(C=N)c2)CC1. The van der Waals surface area contributed by atoms with Gasteiger partial charge >= 0.3 is 0 Å². The number of piperidine rings is 1. The lowest BCUT2D eigenvalue weighted by molar-refractivity contribution is 0.255. The molecular formula is C13H19N3. The maximum Gasteiger partial charge on any atom is 0.0403 e. The first-order valence-corrected chi connectivity index (χ1v) is 5.79. The van der Waals surface area contributed by atoms with Crippen LogP contribution in [0, 0.1) is 5.41 Å². The summed E-state index contributed by atoms with van der Waals surface area (Å²) in [6.07, 6.45) is 3.75. The molecule has 1 aromatic carbocycles. The highest BCUT2D eigenvalue weighted by Crippen LogP contribution is 2.28. The number of nitrogen functional groups attached to an aromatic ring is 1. The van der Waals surface area contributed by atoms with Crippen LogP contribution in [0.4, 0.5) is 5.69 Å². The first kappa shape index (κ1) is 11.1. The van der Waals surface area contributed by atoms with Gasteiger partial charge in [0.25, 0.3) is 0 Å². The largest absolute Gasteiger partial charge is 0.398 e. The Labute approximate surface area is 96.8 Å². The van der Waals surface area contributed by atoms with Gasteiger partial charge in [0.15, 0.2) is 0 Å². The van der Waals surface area contributed by atoms with Crippen molar-refractivity contribution in [1.82, 2.24) is 4.90 Å². The number of nitrogens with zero attached hydrogens (tertiary/aromatic N) is 1. The van der Waals surface area contributed by atoms with Gasteiger partial charge in [0, 0.05) is 17.5 Å². The van der Waals surface area contributed by atoms with E-state index >= 15 is 0 Å². The number of likely N-dealkylation sites (tertiary alicyclic amines) is 1. The van der Waals surface area contributed by atoms with Crippen molar-refractivity contribution in [3.8, 4) is 0 Å². The number of hydrogen-bond donors (Lipinski definition) is 2. The Kier molecular flexibility index (Phi) is 3.25. The van der Waals surface area contributed by atoms with Crippen LogP contribution in [0.3, 0.4) is 0 Å². The zero-order valence-corrected chi connectivity index (χ0v) is 9.74. The molecule has 0 aromatic heterocycles. The molecule has 3 N–H and O–H groups in total. The summed E-state index contributed by atoms with van der Waals surface area (Å²) in [5.74, 6) is 0.635. The number of anilines is 1. The normalized spacial score (nSPS) is 18.6. The standard InChI is InChI=1S/C13H19N3/c1-16-6-4-10(5-7-16)11-2-3-13(15)12(8-11)9-14/h2-3,8-10,14H,4-7,15H2,1H3. The van der Waals surface area contributed by atoms with Crippen LogP contribution in [0.1, 0.15) is 29.9 Å². The third-order valence-electron chi connectivity index (χ3n) is 3.46. The molecule has 2 rings (SSSR count). The maximum atomic E-state index is 7.31. The van der Waals surface area contributed by atoms with E-state index in [4.69, 9.17) is 11.1 Å². The maximum absolute atomic E-state index is 7.31. The summed E-state index contributed by atoms with van der Waals surface area (Å²) in [7, 11) is 2.17. The summed E-state index contributed by atoms with van der Waals surface area (Å²) in [4.78, 5) is 2.37. The molecule has 0 saturated carbocycles. The molecule has 1 saturated heterocycles. The molecule has 0 aliphatic carbocycles. The highest BCUT2D eigenvalue weighted by Gasteiger charge is 2.18. The van der Waals surface area contributed by atoms with Crippen molar-refractivity contribution in [2.45, 2.75) is 18.8 Å². The third kappa shape index (κ3) is 2.25. The van der Waals surface area contributed by atoms with Crippen molar-refractivity contribution < 1.29 is 0 Å². The summed E-state index contributed by atoms with van der Waals surface area (Å²) in [5.41, 5.74) is 8.67. The van der Waals surface area contributed by atoms with E-state index in [0.717, 1.165) is 18.7 Å². The predicted octanol–water partition coefficient (Wildman–Crippen LogP) is 2.08. The Bertz CT molecular complexity index is 379. The van der Waals surface area contributed by atoms with Gasteiger partial charge in [-0.2, -0.15) is 0 Å². The van der Waals surface area contributed by atoms with Gasteiger partial charge < -0.3 is 16.0 Å². The van der Waals surface area contributed by atoms with Crippen LogP contribution in [0.2, 0.25) is 0 Å². The van der Waals surface area contributed by atoms with Gasteiger partial charge in [-0.3, -0.25) is 0 Å². The second-order valence-electron chi connectivity index (χ2n) is 4.61. The van der Waals surface area contributed by atoms with Crippen LogP contribution in [0.5, 0.6) is 0 Å². The molecule has 1 aromatic rings. The lowest BCUT2D eigenvalue weighted by Gasteiger charge is -2.29. The van der Waals surface area contributed by atoms with Crippen LogP contribution in [-0.4, -0.2) is 31.3 Å². The molecular weight excluding hydrogens is 198 g/mol. The minimum absolute atomic E-state index is 0.635. The van der Waals surface area contributed by atoms with Crippen molar-refractivity contribution in [3.05, 3.63) is 29.3 Å². The van der Waals surface area contributed by atoms with E-state index in [-0.39, 0.29) is 0 Å². The Morgan fingerprint density at radius 3 is 2.69 bits per heavy atom. The first-order valence-electron chi connectivity index (χ1n) is 5.79. The average Bonchev–Trinajstić information content (AvgIpc) is 2.31. The minimum Gasteiger partial charge on any atom is -0.398 e. The lowest BCUT2D eigenvalue weighted by atomic mass is 9.88. The molecule has 3 nitrogen and oxygen atoms in total. The Hall–Kier alpha value is -1.35. The Morgan fingerprint density at radius 1 is 1.38 bits per heavy atom. The topological polar surface area (TPSA) is 53.1 Å². The fourth-order valence-electron chi connectivity index (χ4n) is 2.31. The van der Waals surface area contributed by atoms with E-state index in [1.807, 2.05) is 6.07 Å². The minimum atomic E-state index is 0.635. The summed E-state index contributed by atoms with van der Waals surface area (Å²) in [6.45, 7) is 2.32. The molecule has 1 aliphatic heterocycles.